The number of aryl methyl sites for hydroxylation is 2. The van der Waals surface area contributed by atoms with Gasteiger partial charge in [0.15, 0.2) is 5.11 Å². The van der Waals surface area contributed by atoms with E-state index < -0.39 is 0 Å². The smallest absolute Gasteiger partial charge is 0.281 e. The summed E-state index contributed by atoms with van der Waals surface area (Å²) in [5, 5.41) is 3.44. The van der Waals surface area contributed by atoms with Gasteiger partial charge in [0.05, 0.1) is 5.69 Å². The third kappa shape index (κ3) is 2.62. The summed E-state index contributed by atoms with van der Waals surface area (Å²) in [6.07, 6.45) is 1.85. The first-order chi connectivity index (χ1) is 10.1. The Morgan fingerprint density at radius 3 is 2.62 bits per heavy atom. The number of thiophene rings is 1. The van der Waals surface area contributed by atoms with Gasteiger partial charge in [-0.2, -0.15) is 0 Å². The Labute approximate surface area is 132 Å². The zero-order valence-corrected chi connectivity index (χ0v) is 13.3. The fourth-order valence-electron chi connectivity index (χ4n) is 2.24. The molecular weight excluding hydrogens is 300 g/mol. The van der Waals surface area contributed by atoms with Gasteiger partial charge in [-0.15, -0.1) is 11.3 Å². The number of amides is 1. The number of thiocarbonyl (C=S) groups is 1. The normalized spacial score (nSPS) is 16.7. The second-order valence-corrected chi connectivity index (χ2v) is 6.57. The number of carbonyl (C=O) groups is 1. The van der Waals surface area contributed by atoms with E-state index in [1.807, 2.05) is 56.3 Å². The quantitative estimate of drug-likeness (QED) is 0.678. The van der Waals surface area contributed by atoms with E-state index in [0.29, 0.717) is 10.8 Å². The van der Waals surface area contributed by atoms with Crippen molar-refractivity contribution in [2.45, 2.75) is 13.8 Å². The van der Waals surface area contributed by atoms with E-state index in [1.165, 1.54) is 4.88 Å². The van der Waals surface area contributed by atoms with Crippen LogP contribution in [0.25, 0.3) is 6.08 Å². The third-order valence-electron chi connectivity index (χ3n) is 3.28. The van der Waals surface area contributed by atoms with E-state index in [9.17, 15) is 4.79 Å². The average molecular weight is 314 g/mol. The average Bonchev–Trinajstić information content (AvgIpc) is 2.96. The van der Waals surface area contributed by atoms with Crippen LogP contribution in [-0.4, -0.2) is 11.0 Å². The van der Waals surface area contributed by atoms with Crippen LogP contribution in [0.5, 0.6) is 0 Å². The summed E-state index contributed by atoms with van der Waals surface area (Å²) in [6.45, 7) is 4.01. The minimum Gasteiger partial charge on any atom is -0.327 e. The molecule has 21 heavy (non-hydrogen) atoms. The molecule has 3 nitrogen and oxygen atoms in total. The van der Waals surface area contributed by atoms with Gasteiger partial charge in [0.1, 0.15) is 5.70 Å². The van der Waals surface area contributed by atoms with Crippen molar-refractivity contribution in [3.8, 4) is 0 Å². The second-order valence-electron chi connectivity index (χ2n) is 4.86. The van der Waals surface area contributed by atoms with Gasteiger partial charge in [0.2, 0.25) is 0 Å². The van der Waals surface area contributed by atoms with Crippen molar-refractivity contribution in [3.05, 3.63) is 57.4 Å². The lowest BCUT2D eigenvalue weighted by atomic mass is 10.2. The van der Waals surface area contributed by atoms with Crippen molar-refractivity contribution in [2.75, 3.05) is 4.90 Å². The number of nitrogens with zero attached hydrogens (tertiary/aromatic N) is 1. The maximum atomic E-state index is 12.6. The highest BCUT2D eigenvalue weighted by atomic mass is 32.1. The van der Waals surface area contributed by atoms with E-state index in [0.717, 1.165) is 16.1 Å². The summed E-state index contributed by atoms with van der Waals surface area (Å²) in [6, 6.07) is 11.8. The first-order valence-corrected chi connectivity index (χ1v) is 7.78. The molecule has 3 rings (SSSR count). The largest absolute Gasteiger partial charge is 0.327 e. The molecule has 2 aromatic rings. The minimum absolute atomic E-state index is 0.111. The molecule has 5 heteroatoms. The molecule has 0 bridgehead atoms. The van der Waals surface area contributed by atoms with Crippen molar-refractivity contribution < 1.29 is 4.79 Å². The first kappa shape index (κ1) is 14.0. The molecule has 0 atom stereocenters. The molecule has 0 spiro atoms. The van der Waals surface area contributed by atoms with Gasteiger partial charge < -0.3 is 5.32 Å². The van der Waals surface area contributed by atoms with Crippen LogP contribution in [0.15, 0.2) is 42.1 Å². The highest BCUT2D eigenvalue weighted by Gasteiger charge is 2.32. The molecular formula is C16H14N2OS2. The van der Waals surface area contributed by atoms with Crippen LogP contribution >= 0.6 is 23.6 Å². The lowest BCUT2D eigenvalue weighted by molar-refractivity contribution is -0.113. The van der Waals surface area contributed by atoms with Crippen LogP contribution in [0.1, 0.15) is 15.3 Å². The van der Waals surface area contributed by atoms with E-state index in [1.54, 1.807) is 16.2 Å². The molecule has 1 N–H and O–H groups in total. The van der Waals surface area contributed by atoms with E-state index in [4.69, 9.17) is 12.2 Å². The summed E-state index contributed by atoms with van der Waals surface area (Å²) in [7, 11) is 0. The van der Waals surface area contributed by atoms with Crippen molar-refractivity contribution >= 4 is 46.3 Å². The Bertz CT molecular complexity index is 761. The second kappa shape index (κ2) is 5.42. The van der Waals surface area contributed by atoms with Gasteiger partial charge in [-0.3, -0.25) is 9.69 Å². The number of hydrogen-bond donors (Lipinski definition) is 1. The molecule has 1 fully saturated rings. The van der Waals surface area contributed by atoms with Crippen LogP contribution in [-0.2, 0) is 4.79 Å². The summed E-state index contributed by atoms with van der Waals surface area (Å²) in [5.41, 5.74) is 2.36. The minimum atomic E-state index is -0.111. The summed E-state index contributed by atoms with van der Waals surface area (Å²) in [4.78, 5) is 16.4. The van der Waals surface area contributed by atoms with Gasteiger partial charge in [-0.05, 0) is 55.9 Å². The standard InChI is InChI=1S/C16H14N2OS2/c1-10-5-3-4-6-14(10)18-15(19)13(17-16(18)20)9-12-8-7-11(2)21-12/h3-9H,1-2H3,(H,17,20)/b13-9-. The number of nitrogens with one attached hydrogen (secondary N) is 1. The van der Waals surface area contributed by atoms with E-state index in [2.05, 4.69) is 5.32 Å². The predicted molar refractivity (Wildman–Crippen MR) is 91.4 cm³/mol. The van der Waals surface area contributed by atoms with Crippen LogP contribution in [0.2, 0.25) is 0 Å². The highest BCUT2D eigenvalue weighted by molar-refractivity contribution is 7.80. The molecule has 1 aliphatic rings. The number of para-hydroxylation sites is 1. The fourth-order valence-corrected chi connectivity index (χ4v) is 3.35. The molecule has 1 aromatic carbocycles. The number of rotatable bonds is 2. The van der Waals surface area contributed by atoms with E-state index >= 15 is 0 Å². The maximum Gasteiger partial charge on any atom is 0.281 e. The Morgan fingerprint density at radius 1 is 1.19 bits per heavy atom. The topological polar surface area (TPSA) is 32.3 Å². The molecule has 0 saturated carbocycles. The number of benzene rings is 1. The summed E-state index contributed by atoms with van der Waals surface area (Å²) < 4.78 is 0. The molecule has 106 valence electrons. The highest BCUT2D eigenvalue weighted by Crippen LogP contribution is 2.26. The van der Waals surface area contributed by atoms with Crippen LogP contribution < -0.4 is 10.2 Å². The van der Waals surface area contributed by atoms with Crippen molar-refractivity contribution in [2.24, 2.45) is 0 Å². The van der Waals surface area contributed by atoms with Crippen molar-refractivity contribution in [1.82, 2.24) is 5.32 Å². The van der Waals surface area contributed by atoms with Crippen molar-refractivity contribution in [1.29, 1.82) is 0 Å². The van der Waals surface area contributed by atoms with Gasteiger partial charge in [-0.25, -0.2) is 0 Å². The zero-order chi connectivity index (χ0) is 15.0. The molecule has 1 amide bonds. The Balaban J connectivity index is 1.96. The third-order valence-corrected chi connectivity index (χ3v) is 4.51. The Hall–Kier alpha value is -1.98. The van der Waals surface area contributed by atoms with Crippen LogP contribution in [0.3, 0.4) is 0 Å². The predicted octanol–water partition coefficient (Wildman–Crippen LogP) is 3.63. The van der Waals surface area contributed by atoms with E-state index in [-0.39, 0.29) is 5.91 Å². The zero-order valence-electron chi connectivity index (χ0n) is 11.7. The van der Waals surface area contributed by atoms with Gasteiger partial charge in [0.25, 0.3) is 5.91 Å². The van der Waals surface area contributed by atoms with Crippen LogP contribution in [0, 0.1) is 13.8 Å². The molecule has 0 unspecified atom stereocenters. The molecule has 1 aliphatic heterocycles. The number of hydrogen-bond acceptors (Lipinski definition) is 3. The number of anilines is 1. The molecule has 1 saturated heterocycles. The molecule has 2 heterocycles. The summed E-state index contributed by atoms with van der Waals surface area (Å²) in [5.74, 6) is -0.111. The molecule has 0 aliphatic carbocycles. The van der Waals surface area contributed by atoms with Crippen LogP contribution in [0.4, 0.5) is 5.69 Å². The van der Waals surface area contributed by atoms with Gasteiger partial charge in [0, 0.05) is 9.75 Å². The molecule has 0 radical (unpaired) electrons. The summed E-state index contributed by atoms with van der Waals surface area (Å²) >= 11 is 6.96. The Kier molecular flexibility index (Phi) is 3.61. The van der Waals surface area contributed by atoms with Gasteiger partial charge in [-0.1, -0.05) is 18.2 Å². The SMILES string of the molecule is Cc1ccc(/C=C2\NC(=S)N(c3ccccc3C)C2=O)s1. The number of carbonyl (C=O) groups excluding carboxylic acids is 1. The molecule has 1 aromatic heterocycles. The monoisotopic (exact) mass is 314 g/mol. The lowest BCUT2D eigenvalue weighted by Crippen LogP contribution is -2.30. The maximum absolute atomic E-state index is 12.6. The first-order valence-electron chi connectivity index (χ1n) is 6.55. The lowest BCUT2D eigenvalue weighted by Gasteiger charge is -2.16. The van der Waals surface area contributed by atoms with Crippen molar-refractivity contribution in [3.63, 3.8) is 0 Å². The fraction of sp³-hybridized carbons (Fsp3) is 0.125. The Morgan fingerprint density at radius 2 is 1.95 bits per heavy atom. The van der Waals surface area contributed by atoms with Gasteiger partial charge >= 0.3 is 0 Å².